The van der Waals surface area contributed by atoms with Crippen LogP contribution in [0.4, 0.5) is 0 Å². The number of rotatable bonds is 3. The molecule has 0 saturated carbocycles. The van der Waals surface area contributed by atoms with Gasteiger partial charge in [-0.2, -0.15) is 0 Å². The average molecular weight is 264 g/mol. The van der Waals surface area contributed by atoms with Crippen LogP contribution in [0.5, 0.6) is 0 Å². The van der Waals surface area contributed by atoms with Gasteiger partial charge in [0.05, 0.1) is 12.2 Å². The van der Waals surface area contributed by atoms with Gasteiger partial charge in [-0.1, -0.05) is 37.3 Å². The van der Waals surface area contributed by atoms with Gasteiger partial charge in [0, 0.05) is 0 Å². The van der Waals surface area contributed by atoms with Crippen LogP contribution < -0.4 is 0 Å². The van der Waals surface area contributed by atoms with Crippen molar-refractivity contribution in [3.8, 4) is 0 Å². The van der Waals surface area contributed by atoms with Crippen molar-refractivity contribution in [2.75, 3.05) is 6.61 Å². The van der Waals surface area contributed by atoms with E-state index in [9.17, 15) is 4.79 Å². The number of hydrogen-bond acceptors (Lipinski definition) is 2. The largest absolute Gasteiger partial charge is 0.462 e. The molecule has 20 heavy (non-hydrogen) atoms. The van der Waals surface area contributed by atoms with Crippen molar-refractivity contribution in [1.29, 1.82) is 0 Å². The highest BCUT2D eigenvalue weighted by molar-refractivity contribution is 6.01. The zero-order valence-corrected chi connectivity index (χ0v) is 11.4. The Morgan fingerprint density at radius 1 is 0.900 bits per heavy atom. The zero-order chi connectivity index (χ0) is 13.9. The van der Waals surface area contributed by atoms with Crippen LogP contribution in [0.25, 0.3) is 21.5 Å². The van der Waals surface area contributed by atoms with E-state index in [1.165, 1.54) is 10.8 Å². The normalized spacial score (nSPS) is 10.8. The second-order valence-electron chi connectivity index (χ2n) is 4.90. The molecule has 0 fully saturated rings. The summed E-state index contributed by atoms with van der Waals surface area (Å²) >= 11 is 0. The summed E-state index contributed by atoms with van der Waals surface area (Å²) in [5.41, 5.74) is 0.612. The summed E-state index contributed by atoms with van der Waals surface area (Å²) in [6.07, 6.45) is 0.837. The Kier molecular flexibility index (Phi) is 3.38. The van der Waals surface area contributed by atoms with Crippen molar-refractivity contribution >= 4 is 27.5 Å². The fourth-order valence-corrected chi connectivity index (χ4v) is 2.35. The first-order valence-corrected chi connectivity index (χ1v) is 6.87. The first-order chi connectivity index (χ1) is 9.78. The molecule has 0 saturated heterocycles. The van der Waals surface area contributed by atoms with Gasteiger partial charge in [-0.25, -0.2) is 4.79 Å². The van der Waals surface area contributed by atoms with Gasteiger partial charge in [-0.15, -0.1) is 0 Å². The molecule has 0 aliphatic carbocycles. The minimum Gasteiger partial charge on any atom is -0.462 e. The average Bonchev–Trinajstić information content (AvgIpc) is 2.50. The molecule has 0 heterocycles. The van der Waals surface area contributed by atoms with Crippen LogP contribution in [0, 0.1) is 0 Å². The fraction of sp³-hybridized carbons (Fsp3) is 0.167. The predicted molar refractivity (Wildman–Crippen MR) is 82.0 cm³/mol. The monoisotopic (exact) mass is 264 g/mol. The van der Waals surface area contributed by atoms with E-state index in [1.807, 2.05) is 37.3 Å². The number of fused-ring (bicyclic) bond motifs is 2. The SMILES string of the molecule is CCCOC(=O)c1ccc2cc3ccccc3cc2c1. The number of carbonyl (C=O) groups is 1. The van der Waals surface area contributed by atoms with Crippen molar-refractivity contribution in [3.63, 3.8) is 0 Å². The van der Waals surface area contributed by atoms with Crippen LogP contribution in [0.2, 0.25) is 0 Å². The van der Waals surface area contributed by atoms with Gasteiger partial charge in [0.2, 0.25) is 0 Å². The highest BCUT2D eigenvalue weighted by atomic mass is 16.5. The lowest BCUT2D eigenvalue weighted by Crippen LogP contribution is -2.05. The van der Waals surface area contributed by atoms with Crippen molar-refractivity contribution in [1.82, 2.24) is 0 Å². The summed E-state index contributed by atoms with van der Waals surface area (Å²) in [5, 5.41) is 4.59. The summed E-state index contributed by atoms with van der Waals surface area (Å²) < 4.78 is 5.17. The standard InChI is InChI=1S/C18H16O2/c1-2-9-20-18(19)16-8-7-15-10-13-5-3-4-6-14(13)11-17(15)12-16/h3-8,10-12H,2,9H2,1H3. The topological polar surface area (TPSA) is 26.3 Å². The van der Waals surface area contributed by atoms with Gasteiger partial charge in [0.15, 0.2) is 0 Å². The Morgan fingerprint density at radius 2 is 1.55 bits per heavy atom. The first-order valence-electron chi connectivity index (χ1n) is 6.87. The molecule has 2 nitrogen and oxygen atoms in total. The molecule has 0 aromatic heterocycles. The summed E-state index contributed by atoms with van der Waals surface area (Å²) in [7, 11) is 0. The third-order valence-electron chi connectivity index (χ3n) is 3.38. The van der Waals surface area contributed by atoms with Crippen LogP contribution in [0.3, 0.4) is 0 Å². The molecule has 0 aliphatic heterocycles. The highest BCUT2D eigenvalue weighted by Crippen LogP contribution is 2.24. The second-order valence-corrected chi connectivity index (χ2v) is 4.90. The summed E-state index contributed by atoms with van der Waals surface area (Å²) in [6, 6.07) is 18.2. The number of ether oxygens (including phenoxy) is 1. The zero-order valence-electron chi connectivity index (χ0n) is 11.4. The second kappa shape index (κ2) is 5.33. The predicted octanol–water partition coefficient (Wildman–Crippen LogP) is 4.56. The van der Waals surface area contributed by atoms with Gasteiger partial charge >= 0.3 is 5.97 Å². The summed E-state index contributed by atoms with van der Waals surface area (Å²) in [5.74, 6) is -0.248. The molecule has 0 amide bonds. The Hall–Kier alpha value is -2.35. The molecule has 0 atom stereocenters. The molecule has 0 N–H and O–H groups in total. The molecule has 3 aromatic carbocycles. The molecule has 100 valence electrons. The maximum Gasteiger partial charge on any atom is 0.338 e. The molecule has 2 heteroatoms. The number of carbonyl (C=O) groups excluding carboxylic acids is 1. The maximum absolute atomic E-state index is 11.9. The molecular weight excluding hydrogens is 248 g/mol. The third kappa shape index (κ3) is 2.37. The molecule has 0 bridgehead atoms. The molecular formula is C18H16O2. The molecule has 0 aliphatic rings. The fourth-order valence-electron chi connectivity index (χ4n) is 2.35. The van der Waals surface area contributed by atoms with Crippen LogP contribution >= 0.6 is 0 Å². The minimum absolute atomic E-state index is 0.248. The lowest BCUT2D eigenvalue weighted by Gasteiger charge is -2.06. The van der Waals surface area contributed by atoms with Crippen LogP contribution in [-0.2, 0) is 4.74 Å². The van der Waals surface area contributed by atoms with E-state index in [-0.39, 0.29) is 5.97 Å². The Balaban J connectivity index is 2.06. The lowest BCUT2D eigenvalue weighted by molar-refractivity contribution is 0.0505. The Bertz CT molecular complexity index is 775. The summed E-state index contributed by atoms with van der Waals surface area (Å²) in [4.78, 5) is 11.9. The number of hydrogen-bond donors (Lipinski definition) is 0. The number of benzene rings is 3. The van der Waals surface area contributed by atoms with Crippen LogP contribution in [0.1, 0.15) is 23.7 Å². The lowest BCUT2D eigenvalue weighted by atomic mass is 10.0. The van der Waals surface area contributed by atoms with Crippen molar-refractivity contribution in [3.05, 3.63) is 60.2 Å². The first kappa shape index (κ1) is 12.7. The van der Waals surface area contributed by atoms with Gasteiger partial charge in [0.1, 0.15) is 0 Å². The third-order valence-corrected chi connectivity index (χ3v) is 3.38. The van der Waals surface area contributed by atoms with Crippen molar-refractivity contribution in [2.24, 2.45) is 0 Å². The Morgan fingerprint density at radius 3 is 2.25 bits per heavy atom. The smallest absolute Gasteiger partial charge is 0.338 e. The van der Waals surface area contributed by atoms with Crippen molar-refractivity contribution in [2.45, 2.75) is 13.3 Å². The van der Waals surface area contributed by atoms with Gasteiger partial charge in [-0.3, -0.25) is 0 Å². The molecule has 0 spiro atoms. The molecule has 0 radical (unpaired) electrons. The quantitative estimate of drug-likeness (QED) is 0.512. The van der Waals surface area contributed by atoms with E-state index < -0.39 is 0 Å². The van der Waals surface area contributed by atoms with E-state index in [0.29, 0.717) is 12.2 Å². The van der Waals surface area contributed by atoms with Gasteiger partial charge in [0.25, 0.3) is 0 Å². The molecule has 3 rings (SSSR count). The highest BCUT2D eigenvalue weighted by Gasteiger charge is 2.07. The van der Waals surface area contributed by atoms with E-state index >= 15 is 0 Å². The van der Waals surface area contributed by atoms with Gasteiger partial charge < -0.3 is 4.74 Å². The Labute approximate surface area is 118 Å². The van der Waals surface area contributed by atoms with Crippen molar-refractivity contribution < 1.29 is 9.53 Å². The van der Waals surface area contributed by atoms with E-state index in [4.69, 9.17) is 4.74 Å². The van der Waals surface area contributed by atoms with Crippen LogP contribution in [-0.4, -0.2) is 12.6 Å². The molecule has 0 unspecified atom stereocenters. The minimum atomic E-state index is -0.248. The molecule has 3 aromatic rings. The maximum atomic E-state index is 11.9. The van der Waals surface area contributed by atoms with E-state index in [2.05, 4.69) is 24.3 Å². The van der Waals surface area contributed by atoms with E-state index in [0.717, 1.165) is 17.2 Å². The van der Waals surface area contributed by atoms with Crippen LogP contribution in [0.15, 0.2) is 54.6 Å². The summed E-state index contributed by atoms with van der Waals surface area (Å²) in [6.45, 7) is 2.45. The van der Waals surface area contributed by atoms with Gasteiger partial charge in [-0.05, 0) is 52.2 Å². The van der Waals surface area contributed by atoms with E-state index in [1.54, 1.807) is 0 Å². The number of esters is 1.